The van der Waals surface area contributed by atoms with Gasteiger partial charge in [-0.2, -0.15) is 0 Å². The summed E-state index contributed by atoms with van der Waals surface area (Å²) in [6, 6.07) is 6.59. The number of hydrogen-bond donors (Lipinski definition) is 0. The van der Waals surface area contributed by atoms with Gasteiger partial charge in [0.25, 0.3) is 0 Å². The number of carbonyl (C=O) groups excluding carboxylic acids is 2. The minimum Gasteiger partial charge on any atom is -0.465 e. The number of esters is 1. The largest absolute Gasteiger partial charge is 0.465 e. The summed E-state index contributed by atoms with van der Waals surface area (Å²) in [7, 11) is -2.64. The quantitative estimate of drug-likeness (QED) is 0.562. The molecule has 0 atom stereocenters. The number of nitrogens with zero attached hydrogens (tertiary/aromatic N) is 2. The lowest BCUT2D eigenvalue weighted by atomic mass is 10.1. The number of ether oxygens (including phenoxy) is 2. The minimum absolute atomic E-state index is 0. The van der Waals surface area contributed by atoms with Crippen LogP contribution in [-0.2, 0) is 25.1 Å². The molecule has 1 saturated heterocycles. The highest BCUT2D eigenvalue weighted by Gasteiger charge is 2.36. The number of benzene rings is 2. The maximum Gasteiger partial charge on any atom is 0.337 e. The summed E-state index contributed by atoms with van der Waals surface area (Å²) in [6.07, 6.45) is 2.26. The molecule has 2 fully saturated rings. The molecular weight excluding hydrogens is 503 g/mol. The summed E-state index contributed by atoms with van der Waals surface area (Å²) in [4.78, 5) is 28.6. The van der Waals surface area contributed by atoms with Crippen molar-refractivity contribution >= 4 is 51.4 Å². The standard InChI is InChI=1S/C23H23ClN2O6S.ClH/c1-13-7-14(23(28)31-2)9-19-21(13)32-22-15(12-33(19,29)30)8-17(10-18(22)24)26-6-5-25(11-20(26)27)16-3-4-16;/h7-10,16H,3-6,11-12H2,1-2H3;1H. The van der Waals surface area contributed by atoms with Crippen molar-refractivity contribution in [1.29, 1.82) is 0 Å². The molecule has 0 unspecified atom stereocenters. The van der Waals surface area contributed by atoms with Crippen molar-refractivity contribution < 1.29 is 27.5 Å². The molecule has 8 nitrogen and oxygen atoms in total. The number of methoxy groups -OCH3 is 1. The van der Waals surface area contributed by atoms with Gasteiger partial charge in [-0.15, -0.1) is 12.4 Å². The highest BCUT2D eigenvalue weighted by molar-refractivity contribution is 7.90. The third-order valence-corrected chi connectivity index (χ3v) is 8.22. The van der Waals surface area contributed by atoms with E-state index in [0.29, 0.717) is 35.9 Å². The summed E-state index contributed by atoms with van der Waals surface area (Å²) in [5.41, 5.74) is 1.51. The lowest BCUT2D eigenvalue weighted by Crippen LogP contribution is -2.51. The zero-order valence-electron chi connectivity index (χ0n) is 18.7. The van der Waals surface area contributed by atoms with Gasteiger partial charge < -0.3 is 14.4 Å². The average molecular weight is 527 g/mol. The van der Waals surface area contributed by atoms with Crippen LogP contribution in [0.3, 0.4) is 0 Å². The van der Waals surface area contributed by atoms with E-state index in [9.17, 15) is 18.0 Å². The molecular formula is C23H24Cl2N2O6S. The summed E-state index contributed by atoms with van der Waals surface area (Å²) in [5, 5.41) is 0.222. The van der Waals surface area contributed by atoms with Gasteiger partial charge in [-0.05, 0) is 49.6 Å². The van der Waals surface area contributed by atoms with Crippen LogP contribution < -0.4 is 9.64 Å². The highest BCUT2D eigenvalue weighted by Crippen LogP contribution is 2.45. The van der Waals surface area contributed by atoms with E-state index in [-0.39, 0.29) is 51.0 Å². The molecule has 0 N–H and O–H groups in total. The first-order chi connectivity index (χ1) is 15.7. The number of piperazine rings is 1. The second-order valence-electron chi connectivity index (χ2n) is 8.64. The van der Waals surface area contributed by atoms with E-state index in [1.54, 1.807) is 24.0 Å². The summed E-state index contributed by atoms with van der Waals surface area (Å²) in [5.74, 6) is -0.681. The van der Waals surface area contributed by atoms with Crippen LogP contribution in [0.2, 0.25) is 5.02 Å². The number of sulfone groups is 1. The van der Waals surface area contributed by atoms with Gasteiger partial charge in [-0.1, -0.05) is 11.6 Å². The second-order valence-corrected chi connectivity index (χ2v) is 11.0. The Morgan fingerprint density at radius 2 is 1.88 bits per heavy atom. The smallest absolute Gasteiger partial charge is 0.337 e. The van der Waals surface area contributed by atoms with Crippen LogP contribution in [0.4, 0.5) is 5.69 Å². The Bertz CT molecular complexity index is 1290. The van der Waals surface area contributed by atoms with Crippen molar-refractivity contribution in [1.82, 2.24) is 4.90 Å². The maximum atomic E-state index is 13.3. The molecule has 182 valence electrons. The van der Waals surface area contributed by atoms with Crippen molar-refractivity contribution in [3.8, 4) is 11.5 Å². The zero-order chi connectivity index (χ0) is 23.5. The Labute approximate surface area is 209 Å². The molecule has 0 aromatic heterocycles. The number of rotatable bonds is 3. The van der Waals surface area contributed by atoms with Crippen molar-refractivity contribution in [2.45, 2.75) is 36.5 Å². The summed E-state index contributed by atoms with van der Waals surface area (Å²) in [6.45, 7) is 3.28. The topological polar surface area (TPSA) is 93.2 Å². The highest BCUT2D eigenvalue weighted by atomic mass is 35.5. The van der Waals surface area contributed by atoms with E-state index >= 15 is 0 Å². The molecule has 5 rings (SSSR count). The first-order valence-electron chi connectivity index (χ1n) is 10.7. The number of fused-ring (bicyclic) bond motifs is 2. The van der Waals surface area contributed by atoms with Gasteiger partial charge in [0.05, 0.1) is 30.0 Å². The third-order valence-electron chi connectivity index (χ3n) is 6.28. The molecule has 1 amide bonds. The molecule has 2 aromatic carbocycles. The fourth-order valence-corrected chi connectivity index (χ4v) is 6.29. The molecule has 1 aliphatic carbocycles. The van der Waals surface area contributed by atoms with E-state index in [0.717, 1.165) is 19.4 Å². The van der Waals surface area contributed by atoms with E-state index in [1.165, 1.54) is 19.2 Å². The van der Waals surface area contributed by atoms with E-state index in [4.69, 9.17) is 21.1 Å². The van der Waals surface area contributed by atoms with E-state index in [2.05, 4.69) is 4.90 Å². The Balaban J connectivity index is 0.00000274. The van der Waals surface area contributed by atoms with Crippen molar-refractivity contribution in [3.05, 3.63) is 46.0 Å². The Hall–Kier alpha value is -2.33. The van der Waals surface area contributed by atoms with Crippen LogP contribution in [-0.4, -0.2) is 58.0 Å². The van der Waals surface area contributed by atoms with Crippen LogP contribution >= 0.6 is 24.0 Å². The Kier molecular flexibility index (Phi) is 6.58. The lowest BCUT2D eigenvalue weighted by molar-refractivity contribution is -0.121. The number of hydrogen-bond acceptors (Lipinski definition) is 7. The van der Waals surface area contributed by atoms with Crippen molar-refractivity contribution in [2.24, 2.45) is 0 Å². The predicted molar refractivity (Wildman–Crippen MR) is 129 cm³/mol. The monoisotopic (exact) mass is 526 g/mol. The van der Waals surface area contributed by atoms with Gasteiger partial charge >= 0.3 is 5.97 Å². The fraction of sp³-hybridized carbons (Fsp3) is 0.391. The Morgan fingerprint density at radius 3 is 2.53 bits per heavy atom. The fourth-order valence-electron chi connectivity index (χ4n) is 4.45. The number of anilines is 1. The Morgan fingerprint density at radius 1 is 1.15 bits per heavy atom. The van der Waals surface area contributed by atoms with Crippen molar-refractivity contribution in [2.75, 3.05) is 31.6 Å². The SMILES string of the molecule is COC(=O)c1cc(C)c2c(c1)S(=O)(=O)Cc1cc(N3CCN(C4CC4)CC3=O)cc(Cl)c1O2.Cl. The van der Waals surface area contributed by atoms with Gasteiger partial charge in [-0.25, -0.2) is 13.2 Å². The third kappa shape index (κ3) is 4.37. The molecule has 0 bridgehead atoms. The second kappa shape index (κ2) is 9.03. The minimum atomic E-state index is -3.87. The molecule has 0 radical (unpaired) electrons. The van der Waals surface area contributed by atoms with Crippen LogP contribution in [0.25, 0.3) is 0 Å². The van der Waals surface area contributed by atoms with Crippen LogP contribution in [0.15, 0.2) is 29.2 Å². The first-order valence-corrected chi connectivity index (χ1v) is 12.7. The molecule has 2 aromatic rings. The number of aryl methyl sites for hydroxylation is 1. The van der Waals surface area contributed by atoms with Crippen LogP contribution in [0, 0.1) is 6.92 Å². The normalized spacial score (nSPS) is 19.3. The molecule has 2 aliphatic heterocycles. The first kappa shape index (κ1) is 24.8. The summed E-state index contributed by atoms with van der Waals surface area (Å²) < 4.78 is 37.4. The van der Waals surface area contributed by atoms with E-state index < -0.39 is 15.8 Å². The molecule has 2 heterocycles. The average Bonchev–Trinajstić information content (AvgIpc) is 3.61. The number of halogens is 2. The van der Waals surface area contributed by atoms with Gasteiger partial charge in [0, 0.05) is 30.4 Å². The van der Waals surface area contributed by atoms with Gasteiger partial charge in [0.2, 0.25) is 5.91 Å². The molecule has 34 heavy (non-hydrogen) atoms. The zero-order valence-corrected chi connectivity index (χ0v) is 21.1. The van der Waals surface area contributed by atoms with Gasteiger partial charge in [0.1, 0.15) is 16.4 Å². The lowest BCUT2D eigenvalue weighted by Gasteiger charge is -2.34. The molecule has 11 heteroatoms. The molecule has 0 spiro atoms. The predicted octanol–water partition coefficient (Wildman–Crippen LogP) is 3.75. The van der Waals surface area contributed by atoms with Crippen molar-refractivity contribution in [3.63, 3.8) is 0 Å². The van der Waals surface area contributed by atoms with Gasteiger partial charge in [-0.3, -0.25) is 9.69 Å². The van der Waals surface area contributed by atoms with Crippen LogP contribution in [0.1, 0.15) is 34.3 Å². The maximum absolute atomic E-state index is 13.3. The molecule has 3 aliphatic rings. The van der Waals surface area contributed by atoms with Gasteiger partial charge in [0.15, 0.2) is 9.84 Å². The molecule has 1 saturated carbocycles. The summed E-state index contributed by atoms with van der Waals surface area (Å²) >= 11 is 6.55. The number of amides is 1. The van der Waals surface area contributed by atoms with Crippen LogP contribution in [0.5, 0.6) is 11.5 Å². The number of carbonyl (C=O) groups is 2. The van der Waals surface area contributed by atoms with E-state index in [1.807, 2.05) is 0 Å².